The van der Waals surface area contributed by atoms with Gasteiger partial charge in [0.1, 0.15) is 0 Å². The topological polar surface area (TPSA) is 15.3 Å². The van der Waals surface area contributed by atoms with Crippen LogP contribution in [0.5, 0.6) is 0 Å². The first-order valence-corrected chi connectivity index (χ1v) is 4.05. The third-order valence-corrected chi connectivity index (χ3v) is 1.64. The van der Waals surface area contributed by atoms with Crippen molar-refractivity contribution < 1.29 is 13.2 Å². The van der Waals surface area contributed by atoms with E-state index in [0.29, 0.717) is 5.56 Å². The minimum Gasteiger partial charge on any atom is -0.251 e. The van der Waals surface area contributed by atoms with Gasteiger partial charge in [-0.15, -0.1) is 0 Å². The quantitative estimate of drug-likeness (QED) is 0.595. The molecule has 0 aliphatic rings. The molecule has 1 aromatic carbocycles. The van der Waals surface area contributed by atoms with Gasteiger partial charge in [-0.3, -0.25) is 10.4 Å². The van der Waals surface area contributed by atoms with Crippen molar-refractivity contribution in [3.05, 3.63) is 35.1 Å². The van der Waals surface area contributed by atoms with Crippen molar-refractivity contribution in [3.63, 3.8) is 0 Å². The molecule has 0 amide bonds. The molecule has 0 bridgehead atoms. The molecule has 0 unspecified atom stereocenters. The van der Waals surface area contributed by atoms with Crippen LogP contribution in [-0.2, 0) is 6.54 Å². The summed E-state index contributed by atoms with van der Waals surface area (Å²) in [5.41, 5.74) is 3.17. The first-order chi connectivity index (χ1) is 6.50. The maximum Gasteiger partial charge on any atom is 0.194 e. The third kappa shape index (κ3) is 2.71. The molecule has 78 valence electrons. The highest BCUT2D eigenvalue weighted by Gasteiger charge is 2.09. The van der Waals surface area contributed by atoms with Gasteiger partial charge in [0, 0.05) is 20.6 Å². The van der Waals surface area contributed by atoms with Crippen LogP contribution in [0.1, 0.15) is 5.56 Å². The van der Waals surface area contributed by atoms with Crippen molar-refractivity contribution >= 4 is 0 Å². The van der Waals surface area contributed by atoms with Gasteiger partial charge in [0.2, 0.25) is 0 Å². The normalized spacial score (nSPS) is 11.0. The van der Waals surface area contributed by atoms with Crippen LogP contribution in [0.25, 0.3) is 0 Å². The summed E-state index contributed by atoms with van der Waals surface area (Å²) in [6, 6.07) is 1.93. The van der Waals surface area contributed by atoms with Gasteiger partial charge in [-0.2, -0.15) is 0 Å². The zero-order valence-corrected chi connectivity index (χ0v) is 7.94. The van der Waals surface area contributed by atoms with Crippen LogP contribution < -0.4 is 5.43 Å². The van der Waals surface area contributed by atoms with E-state index in [9.17, 15) is 13.2 Å². The van der Waals surface area contributed by atoms with Crippen LogP contribution in [0, 0.1) is 17.5 Å². The summed E-state index contributed by atoms with van der Waals surface area (Å²) in [4.78, 5) is 0. The average molecular weight is 204 g/mol. The highest BCUT2D eigenvalue weighted by molar-refractivity contribution is 5.19. The number of nitrogens with zero attached hydrogens (tertiary/aromatic N) is 1. The first-order valence-electron chi connectivity index (χ1n) is 4.05. The number of hydrazine groups is 1. The fourth-order valence-electron chi connectivity index (χ4n) is 0.959. The minimum absolute atomic E-state index is 0.251. The molecule has 0 saturated carbocycles. The van der Waals surface area contributed by atoms with E-state index in [1.807, 2.05) is 0 Å². The molecule has 14 heavy (non-hydrogen) atoms. The lowest BCUT2D eigenvalue weighted by atomic mass is 10.2. The number of rotatable bonds is 3. The van der Waals surface area contributed by atoms with Gasteiger partial charge in [0.05, 0.1) is 0 Å². The molecule has 0 aromatic heterocycles. The molecule has 1 aromatic rings. The number of nitrogens with one attached hydrogen (secondary N) is 1. The van der Waals surface area contributed by atoms with Gasteiger partial charge in [0.25, 0.3) is 0 Å². The van der Waals surface area contributed by atoms with Crippen LogP contribution in [0.15, 0.2) is 12.1 Å². The molecule has 0 aliphatic carbocycles. The van der Waals surface area contributed by atoms with Crippen LogP contribution in [0.2, 0.25) is 0 Å². The summed E-state index contributed by atoms with van der Waals surface area (Å²) < 4.78 is 37.9. The molecular weight excluding hydrogens is 193 g/mol. The van der Waals surface area contributed by atoms with Crippen molar-refractivity contribution in [1.82, 2.24) is 10.4 Å². The molecule has 0 fully saturated rings. The summed E-state index contributed by atoms with van der Waals surface area (Å²) >= 11 is 0. The number of hydrogen-bond donors (Lipinski definition) is 1. The fraction of sp³-hybridized carbons (Fsp3) is 0.333. The maximum absolute atomic E-state index is 12.7. The molecule has 0 aliphatic heterocycles. The highest BCUT2D eigenvalue weighted by atomic mass is 19.2. The smallest absolute Gasteiger partial charge is 0.194 e. The van der Waals surface area contributed by atoms with Crippen LogP contribution in [0.4, 0.5) is 13.2 Å². The van der Waals surface area contributed by atoms with E-state index in [1.165, 1.54) is 0 Å². The van der Waals surface area contributed by atoms with Gasteiger partial charge < -0.3 is 0 Å². The lowest BCUT2D eigenvalue weighted by molar-refractivity contribution is 0.285. The summed E-state index contributed by atoms with van der Waals surface area (Å²) in [7, 11) is 3.49. The Bertz CT molecular complexity index is 303. The van der Waals surface area contributed by atoms with Gasteiger partial charge in [-0.05, 0) is 17.7 Å². The van der Waals surface area contributed by atoms with Crippen molar-refractivity contribution in [3.8, 4) is 0 Å². The molecule has 1 rings (SSSR count). The number of halogens is 3. The van der Waals surface area contributed by atoms with Crippen LogP contribution >= 0.6 is 0 Å². The summed E-state index contributed by atoms with van der Waals surface area (Å²) in [6.07, 6.45) is 0. The Morgan fingerprint density at radius 2 is 1.64 bits per heavy atom. The Hall–Kier alpha value is -1.07. The predicted molar refractivity (Wildman–Crippen MR) is 46.8 cm³/mol. The second-order valence-corrected chi connectivity index (χ2v) is 3.10. The zero-order chi connectivity index (χ0) is 10.7. The molecule has 0 radical (unpaired) electrons. The second kappa shape index (κ2) is 4.43. The van der Waals surface area contributed by atoms with E-state index in [0.717, 1.165) is 12.1 Å². The molecule has 5 heteroatoms. The Balaban J connectivity index is 2.79. The van der Waals surface area contributed by atoms with Crippen molar-refractivity contribution in [2.75, 3.05) is 14.1 Å². The zero-order valence-electron chi connectivity index (χ0n) is 7.94. The average Bonchev–Trinajstić information content (AvgIpc) is 2.10. The predicted octanol–water partition coefficient (Wildman–Crippen LogP) is 1.67. The molecule has 0 heterocycles. The molecule has 0 saturated heterocycles. The van der Waals surface area contributed by atoms with Gasteiger partial charge in [-0.1, -0.05) is 0 Å². The van der Waals surface area contributed by atoms with Crippen LogP contribution in [-0.4, -0.2) is 19.1 Å². The monoisotopic (exact) mass is 204 g/mol. The minimum atomic E-state index is -1.43. The van der Waals surface area contributed by atoms with E-state index < -0.39 is 17.5 Å². The molecule has 0 atom stereocenters. The molecule has 2 nitrogen and oxygen atoms in total. The van der Waals surface area contributed by atoms with E-state index >= 15 is 0 Å². The largest absolute Gasteiger partial charge is 0.251 e. The fourth-order valence-corrected chi connectivity index (χ4v) is 0.959. The van der Waals surface area contributed by atoms with Crippen LogP contribution in [0.3, 0.4) is 0 Å². The van der Waals surface area contributed by atoms with Crippen molar-refractivity contribution in [1.29, 1.82) is 0 Å². The second-order valence-electron chi connectivity index (χ2n) is 3.10. The highest BCUT2D eigenvalue weighted by Crippen LogP contribution is 2.13. The number of benzene rings is 1. The Morgan fingerprint density at radius 3 is 2.07 bits per heavy atom. The Kier molecular flexibility index (Phi) is 3.49. The van der Waals surface area contributed by atoms with E-state index in [-0.39, 0.29) is 6.54 Å². The summed E-state index contributed by atoms with van der Waals surface area (Å²) in [5, 5.41) is 1.64. The molecular formula is C9H11F3N2. The van der Waals surface area contributed by atoms with E-state index in [2.05, 4.69) is 5.43 Å². The molecule has 1 N–H and O–H groups in total. The van der Waals surface area contributed by atoms with E-state index in [1.54, 1.807) is 19.1 Å². The maximum atomic E-state index is 12.7. The molecule has 0 spiro atoms. The first kappa shape index (κ1) is 11.0. The summed E-state index contributed by atoms with van der Waals surface area (Å²) in [6.45, 7) is 0.251. The number of hydrogen-bond acceptors (Lipinski definition) is 2. The lowest BCUT2D eigenvalue weighted by Gasteiger charge is -2.11. The Labute approximate surface area is 80.3 Å². The SMILES string of the molecule is CN(C)NCc1cc(F)c(F)c(F)c1. The summed E-state index contributed by atoms with van der Waals surface area (Å²) in [5.74, 6) is -3.76. The lowest BCUT2D eigenvalue weighted by Crippen LogP contribution is -2.29. The standard InChI is InChI=1S/C9H11F3N2/c1-14(2)13-5-6-3-7(10)9(12)8(11)4-6/h3-4,13H,5H2,1-2H3. The van der Waals surface area contributed by atoms with E-state index in [4.69, 9.17) is 0 Å². The van der Waals surface area contributed by atoms with Crippen molar-refractivity contribution in [2.24, 2.45) is 0 Å². The third-order valence-electron chi connectivity index (χ3n) is 1.64. The van der Waals surface area contributed by atoms with Gasteiger partial charge >= 0.3 is 0 Å². The Morgan fingerprint density at radius 1 is 1.14 bits per heavy atom. The van der Waals surface area contributed by atoms with Gasteiger partial charge in [-0.25, -0.2) is 13.2 Å². The van der Waals surface area contributed by atoms with Crippen molar-refractivity contribution in [2.45, 2.75) is 6.54 Å². The van der Waals surface area contributed by atoms with Gasteiger partial charge in [0.15, 0.2) is 17.5 Å².